The fourth-order valence-electron chi connectivity index (χ4n) is 2.84. The molecule has 1 unspecified atom stereocenters. The molecule has 2 aromatic rings. The fourth-order valence-corrected chi connectivity index (χ4v) is 2.84. The van der Waals surface area contributed by atoms with E-state index in [1.165, 1.54) is 16.7 Å². The summed E-state index contributed by atoms with van der Waals surface area (Å²) in [6, 6.07) is 14.4. The Morgan fingerprint density at radius 2 is 1.62 bits per heavy atom. The molecule has 1 atom stereocenters. The Bertz CT molecular complexity index is 570. The molecule has 0 fully saturated rings. The summed E-state index contributed by atoms with van der Waals surface area (Å²) in [7, 11) is 1.69. The van der Waals surface area contributed by atoms with Crippen LogP contribution in [0.1, 0.15) is 22.3 Å². The lowest BCUT2D eigenvalue weighted by atomic mass is 9.89. The maximum absolute atomic E-state index is 9.75. The number of aliphatic hydroxyl groups excluding tert-OH is 1. The Morgan fingerprint density at radius 3 is 2.24 bits per heavy atom. The van der Waals surface area contributed by atoms with Crippen LogP contribution in [0.5, 0.6) is 5.75 Å². The Hall–Kier alpha value is -1.80. The molecule has 0 saturated carbocycles. The first-order valence-electron chi connectivity index (χ1n) is 7.43. The molecule has 2 aromatic carbocycles. The number of benzene rings is 2. The summed E-state index contributed by atoms with van der Waals surface area (Å²) in [5.41, 5.74) is 5.11. The lowest BCUT2D eigenvalue weighted by molar-refractivity contribution is 0.223. The number of aliphatic hydroxyl groups is 1. The smallest absolute Gasteiger partial charge is 0.122 e. The third-order valence-corrected chi connectivity index (χ3v) is 4.10. The van der Waals surface area contributed by atoms with E-state index in [1.807, 2.05) is 18.2 Å². The van der Waals surface area contributed by atoms with Crippen LogP contribution in [0.15, 0.2) is 42.5 Å². The molecule has 21 heavy (non-hydrogen) atoms. The van der Waals surface area contributed by atoms with Crippen molar-refractivity contribution in [2.75, 3.05) is 13.7 Å². The zero-order chi connectivity index (χ0) is 15.2. The topological polar surface area (TPSA) is 29.5 Å². The molecule has 0 aromatic heterocycles. The lowest BCUT2D eigenvalue weighted by Crippen LogP contribution is -2.15. The van der Waals surface area contributed by atoms with Crippen molar-refractivity contribution in [2.45, 2.75) is 26.7 Å². The summed E-state index contributed by atoms with van der Waals surface area (Å²) in [6.07, 6.45) is 1.72. The average Bonchev–Trinajstić information content (AvgIpc) is 2.50. The van der Waals surface area contributed by atoms with Crippen LogP contribution in [0.2, 0.25) is 0 Å². The minimum absolute atomic E-state index is 0.186. The van der Waals surface area contributed by atoms with E-state index in [2.05, 4.69) is 38.1 Å². The Balaban J connectivity index is 2.17. The van der Waals surface area contributed by atoms with Crippen LogP contribution < -0.4 is 4.74 Å². The van der Waals surface area contributed by atoms with Gasteiger partial charge in [-0.15, -0.1) is 0 Å². The van der Waals surface area contributed by atoms with Crippen molar-refractivity contribution >= 4 is 0 Å². The molecule has 0 saturated heterocycles. The van der Waals surface area contributed by atoms with Crippen LogP contribution in [0, 0.1) is 19.8 Å². The molecule has 0 aliphatic carbocycles. The molecular weight excluding hydrogens is 260 g/mol. The van der Waals surface area contributed by atoms with Crippen molar-refractivity contribution in [3.63, 3.8) is 0 Å². The van der Waals surface area contributed by atoms with Crippen LogP contribution in [-0.2, 0) is 12.8 Å². The number of hydrogen-bond acceptors (Lipinski definition) is 2. The zero-order valence-electron chi connectivity index (χ0n) is 13.1. The van der Waals surface area contributed by atoms with Crippen LogP contribution in [0.25, 0.3) is 0 Å². The van der Waals surface area contributed by atoms with Gasteiger partial charge in [-0.2, -0.15) is 0 Å². The highest BCUT2D eigenvalue weighted by molar-refractivity contribution is 5.36. The zero-order valence-corrected chi connectivity index (χ0v) is 13.1. The van der Waals surface area contributed by atoms with Gasteiger partial charge < -0.3 is 9.84 Å². The highest BCUT2D eigenvalue weighted by Crippen LogP contribution is 2.24. The van der Waals surface area contributed by atoms with Gasteiger partial charge in [-0.3, -0.25) is 0 Å². The van der Waals surface area contributed by atoms with Gasteiger partial charge in [-0.1, -0.05) is 36.4 Å². The van der Waals surface area contributed by atoms with E-state index < -0.39 is 0 Å². The van der Waals surface area contributed by atoms with Gasteiger partial charge in [-0.25, -0.2) is 0 Å². The molecule has 0 spiro atoms. The minimum atomic E-state index is 0.186. The van der Waals surface area contributed by atoms with Crippen LogP contribution in [0.4, 0.5) is 0 Å². The molecule has 0 aliphatic heterocycles. The Kier molecular flexibility index (Phi) is 5.40. The van der Waals surface area contributed by atoms with Crippen molar-refractivity contribution in [3.8, 4) is 5.75 Å². The van der Waals surface area contributed by atoms with E-state index in [4.69, 9.17) is 4.74 Å². The second-order valence-corrected chi connectivity index (χ2v) is 5.64. The van der Waals surface area contributed by atoms with Gasteiger partial charge in [0.1, 0.15) is 5.75 Å². The standard InChI is InChI=1S/C19H24O2/c1-14-7-6-8-15(2)18(14)12-16(13-20)11-17-9-4-5-10-19(17)21-3/h4-10,16,20H,11-13H2,1-3H3. The Morgan fingerprint density at radius 1 is 0.952 bits per heavy atom. The van der Waals surface area contributed by atoms with Gasteiger partial charge in [0.15, 0.2) is 0 Å². The summed E-state index contributed by atoms with van der Waals surface area (Å²) >= 11 is 0. The number of aryl methyl sites for hydroxylation is 2. The maximum atomic E-state index is 9.75. The van der Waals surface area contributed by atoms with Gasteiger partial charge in [0, 0.05) is 6.61 Å². The summed E-state index contributed by atoms with van der Waals surface area (Å²) in [6.45, 7) is 4.46. The van der Waals surface area contributed by atoms with E-state index in [1.54, 1.807) is 7.11 Å². The molecule has 112 valence electrons. The minimum Gasteiger partial charge on any atom is -0.496 e. The van der Waals surface area contributed by atoms with E-state index in [0.717, 1.165) is 24.2 Å². The maximum Gasteiger partial charge on any atom is 0.122 e. The van der Waals surface area contributed by atoms with Gasteiger partial charge in [0.2, 0.25) is 0 Å². The molecular formula is C19H24O2. The third kappa shape index (κ3) is 3.85. The fraction of sp³-hybridized carbons (Fsp3) is 0.368. The summed E-state index contributed by atoms with van der Waals surface area (Å²) in [5, 5.41) is 9.75. The molecule has 2 rings (SSSR count). The Labute approximate surface area is 127 Å². The first-order chi connectivity index (χ1) is 10.2. The predicted octanol–water partition coefficient (Wildman–Crippen LogP) is 3.71. The second kappa shape index (κ2) is 7.28. The summed E-state index contributed by atoms with van der Waals surface area (Å²) in [5.74, 6) is 1.11. The molecule has 1 N–H and O–H groups in total. The largest absolute Gasteiger partial charge is 0.496 e. The monoisotopic (exact) mass is 284 g/mol. The van der Waals surface area contributed by atoms with E-state index in [-0.39, 0.29) is 12.5 Å². The summed E-state index contributed by atoms with van der Waals surface area (Å²) < 4.78 is 5.41. The highest BCUT2D eigenvalue weighted by atomic mass is 16.5. The molecule has 0 bridgehead atoms. The number of hydrogen-bond donors (Lipinski definition) is 1. The highest BCUT2D eigenvalue weighted by Gasteiger charge is 2.14. The molecule has 0 amide bonds. The van der Waals surface area contributed by atoms with Gasteiger partial charge in [-0.05, 0) is 60.9 Å². The predicted molar refractivity (Wildman–Crippen MR) is 86.9 cm³/mol. The number of para-hydroxylation sites is 1. The molecule has 2 nitrogen and oxygen atoms in total. The average molecular weight is 284 g/mol. The number of methoxy groups -OCH3 is 1. The van der Waals surface area contributed by atoms with Crippen molar-refractivity contribution in [1.29, 1.82) is 0 Å². The second-order valence-electron chi connectivity index (χ2n) is 5.64. The van der Waals surface area contributed by atoms with Crippen molar-refractivity contribution in [1.82, 2.24) is 0 Å². The normalized spacial score (nSPS) is 12.2. The van der Waals surface area contributed by atoms with Crippen molar-refractivity contribution < 1.29 is 9.84 Å². The molecule has 0 radical (unpaired) electrons. The summed E-state index contributed by atoms with van der Waals surface area (Å²) in [4.78, 5) is 0. The van der Waals surface area contributed by atoms with Crippen LogP contribution >= 0.6 is 0 Å². The van der Waals surface area contributed by atoms with Crippen molar-refractivity contribution in [3.05, 3.63) is 64.7 Å². The number of ether oxygens (including phenoxy) is 1. The van der Waals surface area contributed by atoms with E-state index >= 15 is 0 Å². The SMILES string of the molecule is COc1ccccc1CC(CO)Cc1c(C)cccc1C. The molecule has 0 heterocycles. The van der Waals surface area contributed by atoms with Gasteiger partial charge in [0.25, 0.3) is 0 Å². The van der Waals surface area contributed by atoms with Crippen LogP contribution in [-0.4, -0.2) is 18.8 Å². The number of rotatable bonds is 6. The van der Waals surface area contributed by atoms with Crippen LogP contribution in [0.3, 0.4) is 0 Å². The van der Waals surface area contributed by atoms with Crippen molar-refractivity contribution in [2.24, 2.45) is 5.92 Å². The first-order valence-corrected chi connectivity index (χ1v) is 7.43. The first kappa shape index (κ1) is 15.6. The third-order valence-electron chi connectivity index (χ3n) is 4.10. The van der Waals surface area contributed by atoms with Gasteiger partial charge >= 0.3 is 0 Å². The van der Waals surface area contributed by atoms with E-state index in [0.29, 0.717) is 0 Å². The van der Waals surface area contributed by atoms with E-state index in [9.17, 15) is 5.11 Å². The quantitative estimate of drug-likeness (QED) is 0.876. The lowest BCUT2D eigenvalue weighted by Gasteiger charge is -2.19. The molecule has 0 aliphatic rings. The molecule has 2 heteroatoms. The van der Waals surface area contributed by atoms with Gasteiger partial charge in [0.05, 0.1) is 7.11 Å².